The van der Waals surface area contributed by atoms with Gasteiger partial charge in [-0.3, -0.25) is 14.6 Å². The highest BCUT2D eigenvalue weighted by molar-refractivity contribution is 5.96. The van der Waals surface area contributed by atoms with Gasteiger partial charge in [0.15, 0.2) is 0 Å². The second-order valence-corrected chi connectivity index (χ2v) is 6.84. The van der Waals surface area contributed by atoms with Crippen molar-refractivity contribution >= 4 is 17.8 Å². The molecule has 2 atom stereocenters. The third-order valence-electron chi connectivity index (χ3n) is 4.02. The molecule has 3 N–H and O–H groups in total. The number of aliphatic carboxylic acids is 1. The number of benzene rings is 1. The number of nitrogens with zero attached hydrogens (tertiary/aromatic N) is 2. The van der Waals surface area contributed by atoms with Crippen molar-refractivity contribution in [2.75, 3.05) is 0 Å². The van der Waals surface area contributed by atoms with E-state index in [4.69, 9.17) is 0 Å². The van der Waals surface area contributed by atoms with Gasteiger partial charge in [-0.05, 0) is 17.9 Å². The molecule has 2 rings (SSSR count). The first-order valence-electron chi connectivity index (χ1n) is 9.00. The summed E-state index contributed by atoms with van der Waals surface area (Å²) in [5.74, 6) is -2.14. The summed E-state index contributed by atoms with van der Waals surface area (Å²) < 4.78 is 0. The summed E-state index contributed by atoms with van der Waals surface area (Å²) in [5, 5.41) is 14.6. The standard InChI is InChI=1S/C20H24N4O4/c1-13(2)10-16(20(27)28)24-18(25)15(11-14-6-4-3-5-7-14)23-19(26)17-12-21-8-9-22-17/h3-9,12-13,15-16H,10-11H2,1-2H3,(H,23,26)(H,24,25)(H,27,28)/t15-,16-/m0/s1. The monoisotopic (exact) mass is 384 g/mol. The first kappa shape index (κ1) is 21.0. The van der Waals surface area contributed by atoms with E-state index in [1.54, 1.807) is 0 Å². The van der Waals surface area contributed by atoms with E-state index in [0.717, 1.165) is 5.56 Å². The number of aromatic nitrogens is 2. The van der Waals surface area contributed by atoms with Gasteiger partial charge in [0.25, 0.3) is 5.91 Å². The molecule has 0 spiro atoms. The second kappa shape index (κ2) is 10.1. The molecule has 0 saturated carbocycles. The number of amides is 2. The highest BCUT2D eigenvalue weighted by Gasteiger charge is 2.27. The van der Waals surface area contributed by atoms with Crippen LogP contribution in [0.25, 0.3) is 0 Å². The van der Waals surface area contributed by atoms with Crippen LogP contribution >= 0.6 is 0 Å². The van der Waals surface area contributed by atoms with Crippen LogP contribution < -0.4 is 10.6 Å². The molecule has 2 amide bonds. The maximum Gasteiger partial charge on any atom is 0.326 e. The topological polar surface area (TPSA) is 121 Å². The number of carboxylic acids is 1. The number of hydrogen-bond donors (Lipinski definition) is 3. The summed E-state index contributed by atoms with van der Waals surface area (Å²) in [5.41, 5.74) is 0.906. The summed E-state index contributed by atoms with van der Waals surface area (Å²) in [6.45, 7) is 3.75. The summed E-state index contributed by atoms with van der Waals surface area (Å²) in [6.07, 6.45) is 4.62. The molecule has 0 fully saturated rings. The molecule has 148 valence electrons. The molecule has 0 bridgehead atoms. The van der Waals surface area contributed by atoms with Crippen LogP contribution in [0.4, 0.5) is 0 Å². The van der Waals surface area contributed by atoms with Gasteiger partial charge in [0.1, 0.15) is 17.8 Å². The molecule has 1 aromatic heterocycles. The van der Waals surface area contributed by atoms with Crippen molar-refractivity contribution in [3.05, 3.63) is 60.2 Å². The fourth-order valence-corrected chi connectivity index (χ4v) is 2.67. The van der Waals surface area contributed by atoms with Crippen molar-refractivity contribution < 1.29 is 19.5 Å². The van der Waals surface area contributed by atoms with Crippen molar-refractivity contribution in [2.24, 2.45) is 5.92 Å². The first-order chi connectivity index (χ1) is 13.4. The molecule has 1 heterocycles. The first-order valence-corrected chi connectivity index (χ1v) is 9.00. The van der Waals surface area contributed by atoms with Gasteiger partial charge >= 0.3 is 5.97 Å². The number of rotatable bonds is 9. The number of carbonyl (C=O) groups is 3. The highest BCUT2D eigenvalue weighted by atomic mass is 16.4. The van der Waals surface area contributed by atoms with Crippen LogP contribution in [0, 0.1) is 5.92 Å². The lowest BCUT2D eigenvalue weighted by molar-refractivity contribution is -0.142. The van der Waals surface area contributed by atoms with E-state index < -0.39 is 29.9 Å². The quantitative estimate of drug-likeness (QED) is 0.601. The second-order valence-electron chi connectivity index (χ2n) is 6.84. The number of carbonyl (C=O) groups excluding carboxylic acids is 2. The molecule has 1 aromatic carbocycles. The van der Waals surface area contributed by atoms with Gasteiger partial charge in [0.2, 0.25) is 5.91 Å². The minimum absolute atomic E-state index is 0.0744. The van der Waals surface area contributed by atoms with Gasteiger partial charge in [-0.15, -0.1) is 0 Å². The zero-order valence-electron chi connectivity index (χ0n) is 15.8. The van der Waals surface area contributed by atoms with Gasteiger partial charge < -0.3 is 15.7 Å². The molecule has 28 heavy (non-hydrogen) atoms. The van der Waals surface area contributed by atoms with Crippen LogP contribution in [-0.2, 0) is 16.0 Å². The van der Waals surface area contributed by atoms with E-state index in [1.807, 2.05) is 44.2 Å². The lowest BCUT2D eigenvalue weighted by atomic mass is 10.0. The zero-order valence-corrected chi connectivity index (χ0v) is 15.8. The Bertz CT molecular complexity index is 796. The molecule has 0 aliphatic rings. The summed E-state index contributed by atoms with van der Waals surface area (Å²) >= 11 is 0. The predicted octanol–water partition coefficient (Wildman–Crippen LogP) is 1.43. The summed E-state index contributed by atoms with van der Waals surface area (Å²) in [7, 11) is 0. The minimum atomic E-state index is -1.11. The van der Waals surface area contributed by atoms with Crippen LogP contribution in [0.5, 0.6) is 0 Å². The minimum Gasteiger partial charge on any atom is -0.480 e. The Morgan fingerprint density at radius 1 is 1.04 bits per heavy atom. The molecule has 0 unspecified atom stereocenters. The van der Waals surface area contributed by atoms with Crippen molar-refractivity contribution in [3.63, 3.8) is 0 Å². The number of nitrogens with one attached hydrogen (secondary N) is 2. The smallest absolute Gasteiger partial charge is 0.326 e. The summed E-state index contributed by atoms with van der Waals surface area (Å²) in [4.78, 5) is 44.5. The molecule has 0 aliphatic heterocycles. The zero-order chi connectivity index (χ0) is 20.5. The molecule has 8 nitrogen and oxygen atoms in total. The van der Waals surface area contributed by atoms with Crippen LogP contribution in [0.3, 0.4) is 0 Å². The summed E-state index contributed by atoms with van der Waals surface area (Å²) in [6, 6.07) is 7.18. The molecule has 0 radical (unpaired) electrons. The van der Waals surface area contributed by atoms with Crippen LogP contribution in [0.2, 0.25) is 0 Å². The molecular weight excluding hydrogens is 360 g/mol. The third-order valence-corrected chi connectivity index (χ3v) is 4.02. The van der Waals surface area contributed by atoms with Gasteiger partial charge in [-0.1, -0.05) is 44.2 Å². The number of carboxylic acid groups (broad SMARTS) is 1. The van der Waals surface area contributed by atoms with Gasteiger partial charge in [0.05, 0.1) is 6.20 Å². The van der Waals surface area contributed by atoms with Crippen molar-refractivity contribution in [1.82, 2.24) is 20.6 Å². The maximum absolute atomic E-state index is 12.8. The lowest BCUT2D eigenvalue weighted by Gasteiger charge is -2.22. The fourth-order valence-electron chi connectivity index (χ4n) is 2.67. The Morgan fingerprint density at radius 3 is 2.32 bits per heavy atom. The molecule has 8 heteroatoms. The normalized spacial score (nSPS) is 12.8. The number of hydrogen-bond acceptors (Lipinski definition) is 5. The predicted molar refractivity (Wildman–Crippen MR) is 102 cm³/mol. The SMILES string of the molecule is CC(C)C[C@H](NC(=O)[C@H](Cc1ccccc1)NC(=O)c1cnccn1)C(=O)O. The Labute approximate surface area is 163 Å². The lowest BCUT2D eigenvalue weighted by Crippen LogP contribution is -2.52. The van der Waals surface area contributed by atoms with Gasteiger partial charge in [-0.2, -0.15) is 0 Å². The van der Waals surface area contributed by atoms with E-state index in [2.05, 4.69) is 20.6 Å². The van der Waals surface area contributed by atoms with E-state index in [9.17, 15) is 19.5 Å². The average molecular weight is 384 g/mol. The Kier molecular flexibility index (Phi) is 7.62. The van der Waals surface area contributed by atoms with Crippen LogP contribution in [0.1, 0.15) is 36.3 Å². The van der Waals surface area contributed by atoms with E-state index in [1.165, 1.54) is 18.6 Å². The van der Waals surface area contributed by atoms with Crippen molar-refractivity contribution in [1.29, 1.82) is 0 Å². The Hall–Kier alpha value is -3.29. The van der Waals surface area contributed by atoms with Crippen molar-refractivity contribution in [3.8, 4) is 0 Å². The molecule has 0 saturated heterocycles. The van der Waals surface area contributed by atoms with E-state index >= 15 is 0 Å². The Balaban J connectivity index is 2.17. The molecule has 0 aliphatic carbocycles. The van der Waals surface area contributed by atoms with Gasteiger partial charge in [0, 0.05) is 18.8 Å². The molecular formula is C20H24N4O4. The fraction of sp³-hybridized carbons (Fsp3) is 0.350. The Morgan fingerprint density at radius 2 is 1.75 bits per heavy atom. The van der Waals surface area contributed by atoms with Crippen LogP contribution in [-0.4, -0.2) is 44.9 Å². The average Bonchev–Trinajstić information content (AvgIpc) is 2.68. The highest BCUT2D eigenvalue weighted by Crippen LogP contribution is 2.08. The maximum atomic E-state index is 12.8. The third kappa shape index (κ3) is 6.46. The van der Waals surface area contributed by atoms with Crippen LogP contribution in [0.15, 0.2) is 48.9 Å². The largest absolute Gasteiger partial charge is 0.480 e. The molecule has 2 aromatic rings. The van der Waals surface area contributed by atoms with Gasteiger partial charge in [-0.25, -0.2) is 9.78 Å². The van der Waals surface area contributed by atoms with Crippen molar-refractivity contribution in [2.45, 2.75) is 38.8 Å². The van der Waals surface area contributed by atoms with E-state index in [0.29, 0.717) is 0 Å². The van der Waals surface area contributed by atoms with E-state index in [-0.39, 0.29) is 24.5 Å².